The van der Waals surface area contributed by atoms with Gasteiger partial charge < -0.3 is 10.1 Å². The molecule has 0 heterocycles. The molecule has 1 rings (SSSR count). The second kappa shape index (κ2) is 7.74. The van der Waals surface area contributed by atoms with E-state index in [0.29, 0.717) is 0 Å². The van der Waals surface area contributed by atoms with Crippen LogP contribution >= 0.6 is 11.6 Å². The zero-order valence-corrected chi connectivity index (χ0v) is 13.7. The fourth-order valence-corrected chi connectivity index (χ4v) is 3.37. The number of likely N-dealkylation sites (N-methyl/N-ethyl adjacent to an activating group) is 1. The first-order valence-corrected chi connectivity index (χ1v) is 8.28. The van der Waals surface area contributed by atoms with Crippen molar-refractivity contribution >= 4 is 27.6 Å². The summed E-state index contributed by atoms with van der Waals surface area (Å²) >= 11 is 5.95. The van der Waals surface area contributed by atoms with Crippen LogP contribution in [0.1, 0.15) is 24.2 Å². The largest absolute Gasteiger partial charge is 0.465 e. The Kier molecular flexibility index (Phi) is 6.60. The lowest BCUT2D eigenvalue weighted by Gasteiger charge is -2.14. The van der Waals surface area contributed by atoms with E-state index in [0.717, 1.165) is 6.54 Å². The number of hydrogen-bond acceptors (Lipinski definition) is 5. The van der Waals surface area contributed by atoms with Gasteiger partial charge in [0.1, 0.15) is 4.90 Å². The van der Waals surface area contributed by atoms with Crippen molar-refractivity contribution in [3.63, 3.8) is 0 Å². The van der Waals surface area contributed by atoms with E-state index in [4.69, 9.17) is 11.6 Å². The molecule has 1 aromatic rings. The predicted molar refractivity (Wildman–Crippen MR) is 81.1 cm³/mol. The number of carbonyl (C=O) groups is 1. The minimum atomic E-state index is -3.73. The number of rotatable bonds is 7. The second-order valence-corrected chi connectivity index (χ2v) is 6.59. The molecule has 0 aliphatic heterocycles. The molecule has 21 heavy (non-hydrogen) atoms. The van der Waals surface area contributed by atoms with Crippen LogP contribution < -0.4 is 10.0 Å². The summed E-state index contributed by atoms with van der Waals surface area (Å²) in [5, 5.41) is 3.07. The van der Waals surface area contributed by atoms with Gasteiger partial charge in [0.15, 0.2) is 0 Å². The summed E-state index contributed by atoms with van der Waals surface area (Å²) in [6.07, 6.45) is 0. The van der Waals surface area contributed by atoms with Crippen molar-refractivity contribution in [3.05, 3.63) is 28.8 Å². The topological polar surface area (TPSA) is 84.5 Å². The molecule has 2 N–H and O–H groups in total. The Bertz CT molecular complexity index is 604. The van der Waals surface area contributed by atoms with E-state index in [1.807, 2.05) is 13.8 Å². The van der Waals surface area contributed by atoms with Crippen LogP contribution in [0.2, 0.25) is 5.02 Å². The van der Waals surface area contributed by atoms with Crippen LogP contribution in [0.5, 0.6) is 0 Å². The van der Waals surface area contributed by atoms with E-state index in [1.165, 1.54) is 25.3 Å². The van der Waals surface area contributed by atoms with Gasteiger partial charge in [0.25, 0.3) is 0 Å². The Morgan fingerprint density at radius 2 is 2.10 bits per heavy atom. The molecule has 1 atom stereocenters. The van der Waals surface area contributed by atoms with Crippen LogP contribution in [0.15, 0.2) is 23.1 Å². The van der Waals surface area contributed by atoms with Gasteiger partial charge in [-0.05, 0) is 31.7 Å². The van der Waals surface area contributed by atoms with E-state index in [9.17, 15) is 13.2 Å². The van der Waals surface area contributed by atoms with Crippen LogP contribution in [-0.2, 0) is 14.8 Å². The summed E-state index contributed by atoms with van der Waals surface area (Å²) in [5.41, 5.74) is 0.197. The number of esters is 1. The first kappa shape index (κ1) is 17.9. The lowest BCUT2D eigenvalue weighted by molar-refractivity contribution is 0.0600. The van der Waals surface area contributed by atoms with Gasteiger partial charge in [0.2, 0.25) is 10.0 Å². The third-order valence-corrected chi connectivity index (χ3v) is 4.68. The fourth-order valence-electron chi connectivity index (χ4n) is 1.70. The predicted octanol–water partition coefficient (Wildman–Crippen LogP) is 1.40. The van der Waals surface area contributed by atoms with Gasteiger partial charge >= 0.3 is 5.97 Å². The summed E-state index contributed by atoms with van der Waals surface area (Å²) in [6, 6.07) is 3.92. The lowest BCUT2D eigenvalue weighted by Crippen LogP contribution is -2.38. The zero-order chi connectivity index (χ0) is 16.0. The second-order valence-electron chi connectivity index (χ2n) is 4.45. The first-order valence-electron chi connectivity index (χ1n) is 6.42. The zero-order valence-electron chi connectivity index (χ0n) is 12.1. The minimum absolute atomic E-state index is 0.00195. The number of halogens is 1. The number of ether oxygens (including phenoxy) is 1. The summed E-state index contributed by atoms with van der Waals surface area (Å²) in [5.74, 6) is -0.574. The fraction of sp³-hybridized carbons (Fsp3) is 0.462. The molecule has 0 spiro atoms. The molecule has 0 fully saturated rings. The molecule has 0 saturated carbocycles. The van der Waals surface area contributed by atoms with Gasteiger partial charge in [-0.25, -0.2) is 17.9 Å². The Balaban J connectivity index is 2.91. The van der Waals surface area contributed by atoms with E-state index >= 15 is 0 Å². The van der Waals surface area contributed by atoms with Crippen molar-refractivity contribution in [1.82, 2.24) is 10.0 Å². The minimum Gasteiger partial charge on any atom is -0.465 e. The highest BCUT2D eigenvalue weighted by Gasteiger charge is 2.20. The van der Waals surface area contributed by atoms with Crippen molar-refractivity contribution in [2.24, 2.45) is 0 Å². The normalized spacial score (nSPS) is 13.0. The molecule has 0 bridgehead atoms. The number of carbonyl (C=O) groups excluding carboxylic acids is 1. The van der Waals surface area contributed by atoms with Gasteiger partial charge in [0.05, 0.1) is 17.7 Å². The molecule has 118 valence electrons. The third-order valence-electron chi connectivity index (χ3n) is 2.77. The molecule has 0 aliphatic carbocycles. The quantitative estimate of drug-likeness (QED) is 0.736. The Morgan fingerprint density at radius 1 is 1.43 bits per heavy atom. The highest BCUT2D eigenvalue weighted by atomic mass is 35.5. The number of methoxy groups -OCH3 is 1. The Labute approximate surface area is 129 Å². The van der Waals surface area contributed by atoms with Gasteiger partial charge in [-0.15, -0.1) is 0 Å². The highest BCUT2D eigenvalue weighted by molar-refractivity contribution is 7.89. The number of nitrogens with one attached hydrogen (secondary N) is 2. The van der Waals surface area contributed by atoms with Crippen molar-refractivity contribution in [2.45, 2.75) is 24.8 Å². The smallest absolute Gasteiger partial charge is 0.337 e. The SMILES string of the molecule is CCN[C@H](C)CNS(=O)(=O)c1ccc(C(=O)OC)cc1Cl. The summed E-state index contributed by atoms with van der Waals surface area (Å²) in [6.45, 7) is 4.80. The number of hydrogen-bond donors (Lipinski definition) is 2. The van der Waals surface area contributed by atoms with Crippen molar-refractivity contribution in [1.29, 1.82) is 0 Å². The van der Waals surface area contributed by atoms with E-state index < -0.39 is 16.0 Å². The van der Waals surface area contributed by atoms with Crippen LogP contribution in [0, 0.1) is 0 Å². The van der Waals surface area contributed by atoms with Gasteiger partial charge in [-0.3, -0.25) is 0 Å². The number of sulfonamides is 1. The maximum atomic E-state index is 12.2. The average Bonchev–Trinajstić information content (AvgIpc) is 2.44. The molecule has 0 unspecified atom stereocenters. The lowest BCUT2D eigenvalue weighted by atomic mass is 10.2. The molecule has 8 heteroatoms. The van der Waals surface area contributed by atoms with Crippen molar-refractivity contribution < 1.29 is 17.9 Å². The standard InChI is InChI=1S/C13H19ClN2O4S/c1-4-15-9(2)8-16-21(18,19)12-6-5-10(7-11(12)14)13(17)20-3/h5-7,9,15-16H,4,8H2,1-3H3/t9-/m1/s1. The highest BCUT2D eigenvalue weighted by Crippen LogP contribution is 2.22. The molecule has 6 nitrogen and oxygen atoms in total. The van der Waals surface area contributed by atoms with E-state index in [1.54, 1.807) is 0 Å². The van der Waals surface area contributed by atoms with Gasteiger partial charge in [-0.2, -0.15) is 0 Å². The molecular formula is C13H19ClN2O4S. The van der Waals surface area contributed by atoms with E-state index in [2.05, 4.69) is 14.8 Å². The van der Waals surface area contributed by atoms with Gasteiger partial charge in [0, 0.05) is 12.6 Å². The molecule has 0 saturated heterocycles. The summed E-state index contributed by atoms with van der Waals surface area (Å²) < 4.78 is 31.4. The summed E-state index contributed by atoms with van der Waals surface area (Å²) in [4.78, 5) is 11.3. The average molecular weight is 335 g/mol. The maximum Gasteiger partial charge on any atom is 0.337 e. The number of benzene rings is 1. The molecule has 0 aliphatic rings. The van der Waals surface area contributed by atoms with Crippen LogP contribution in [0.25, 0.3) is 0 Å². The molecule has 1 aromatic carbocycles. The molecular weight excluding hydrogens is 316 g/mol. The van der Waals surface area contributed by atoms with Crippen LogP contribution in [-0.4, -0.2) is 40.6 Å². The van der Waals surface area contributed by atoms with Gasteiger partial charge in [-0.1, -0.05) is 18.5 Å². The van der Waals surface area contributed by atoms with Crippen molar-refractivity contribution in [2.75, 3.05) is 20.2 Å². The molecule has 0 radical (unpaired) electrons. The maximum absolute atomic E-state index is 12.2. The van der Waals surface area contributed by atoms with Crippen LogP contribution in [0.3, 0.4) is 0 Å². The van der Waals surface area contributed by atoms with E-state index in [-0.39, 0.29) is 28.1 Å². The monoisotopic (exact) mass is 334 g/mol. The Morgan fingerprint density at radius 3 is 2.62 bits per heavy atom. The summed E-state index contributed by atoms with van der Waals surface area (Å²) in [7, 11) is -2.49. The molecule has 0 aromatic heterocycles. The van der Waals surface area contributed by atoms with Crippen LogP contribution in [0.4, 0.5) is 0 Å². The molecule has 0 amide bonds. The van der Waals surface area contributed by atoms with Crippen molar-refractivity contribution in [3.8, 4) is 0 Å². The first-order chi connectivity index (χ1) is 9.81. The third kappa shape index (κ3) is 4.96. The Hall–Kier alpha value is -1.15.